The van der Waals surface area contributed by atoms with Crippen LogP contribution in [0.2, 0.25) is 0 Å². The fraction of sp³-hybridized carbons (Fsp3) is 0.478. The van der Waals surface area contributed by atoms with Gasteiger partial charge in [0, 0.05) is 12.0 Å². The lowest BCUT2D eigenvalue weighted by Gasteiger charge is -2.40. The first-order valence-corrected chi connectivity index (χ1v) is 9.82. The van der Waals surface area contributed by atoms with Gasteiger partial charge in [0.2, 0.25) is 0 Å². The van der Waals surface area contributed by atoms with Crippen LogP contribution in [0.25, 0.3) is 0 Å². The van der Waals surface area contributed by atoms with E-state index >= 15 is 0 Å². The van der Waals surface area contributed by atoms with Crippen molar-refractivity contribution in [1.82, 2.24) is 4.90 Å². The number of aryl methyl sites for hydroxylation is 1. The molecule has 0 aliphatic carbocycles. The van der Waals surface area contributed by atoms with Gasteiger partial charge >= 0.3 is 0 Å². The first-order valence-electron chi connectivity index (χ1n) is 9.82. The second kappa shape index (κ2) is 9.74. The Hall–Kier alpha value is -1.64. The second-order valence-corrected chi connectivity index (χ2v) is 7.24. The van der Waals surface area contributed by atoms with E-state index in [2.05, 4.69) is 65.6 Å². The normalized spacial score (nSPS) is 19.6. The van der Waals surface area contributed by atoms with Gasteiger partial charge in [-0.15, -0.1) is 0 Å². The van der Waals surface area contributed by atoms with Crippen molar-refractivity contribution in [3.8, 4) is 0 Å². The van der Waals surface area contributed by atoms with E-state index in [0.29, 0.717) is 6.04 Å². The molecule has 1 N–H and O–H groups in total. The molecule has 0 unspecified atom stereocenters. The molecule has 2 heteroatoms. The molecule has 0 radical (unpaired) electrons. The maximum Gasteiger partial charge on any atom is 0.0514 e. The Morgan fingerprint density at radius 2 is 1.64 bits per heavy atom. The summed E-state index contributed by atoms with van der Waals surface area (Å²) in [6.07, 6.45) is 7.43. The zero-order valence-corrected chi connectivity index (χ0v) is 15.2. The average Bonchev–Trinajstić information content (AvgIpc) is 2.68. The van der Waals surface area contributed by atoms with Crippen molar-refractivity contribution < 1.29 is 5.11 Å². The van der Waals surface area contributed by atoms with Gasteiger partial charge in [0.25, 0.3) is 0 Å². The number of aliphatic hydroxyl groups is 1. The van der Waals surface area contributed by atoms with Crippen molar-refractivity contribution in [3.05, 3.63) is 71.8 Å². The maximum absolute atomic E-state index is 10.0. The number of hydrogen-bond acceptors (Lipinski definition) is 2. The molecule has 1 heterocycles. The van der Waals surface area contributed by atoms with Gasteiger partial charge in [0.15, 0.2) is 0 Å². The highest BCUT2D eigenvalue weighted by Gasteiger charge is 2.30. The van der Waals surface area contributed by atoms with Gasteiger partial charge in [-0.1, -0.05) is 67.1 Å². The van der Waals surface area contributed by atoms with E-state index in [-0.39, 0.29) is 12.5 Å². The Kier molecular flexibility index (Phi) is 7.08. The maximum atomic E-state index is 10.0. The van der Waals surface area contributed by atoms with Crippen LogP contribution < -0.4 is 0 Å². The summed E-state index contributed by atoms with van der Waals surface area (Å²) in [4.78, 5) is 2.64. The van der Waals surface area contributed by atoms with Crippen LogP contribution in [0, 0.1) is 0 Å². The molecule has 2 aromatic rings. The molecule has 3 rings (SSSR count). The molecule has 1 fully saturated rings. The van der Waals surface area contributed by atoms with Gasteiger partial charge in [-0.3, -0.25) is 4.90 Å². The first-order chi connectivity index (χ1) is 12.4. The topological polar surface area (TPSA) is 23.5 Å². The Balaban J connectivity index is 1.55. The summed E-state index contributed by atoms with van der Waals surface area (Å²) in [6, 6.07) is 21.8. The molecule has 0 bridgehead atoms. The van der Waals surface area contributed by atoms with Crippen LogP contribution in [0.5, 0.6) is 0 Å². The molecule has 2 nitrogen and oxygen atoms in total. The Bertz CT molecular complexity index is 598. The molecule has 0 saturated carbocycles. The number of unbranched alkanes of at least 4 members (excludes halogenated alkanes) is 1. The van der Waals surface area contributed by atoms with E-state index in [1.54, 1.807) is 0 Å². The van der Waals surface area contributed by atoms with E-state index in [4.69, 9.17) is 0 Å². The average molecular weight is 338 g/mol. The molecule has 25 heavy (non-hydrogen) atoms. The molecule has 0 aromatic heterocycles. The summed E-state index contributed by atoms with van der Waals surface area (Å²) in [5.74, 6) is 0.246. The van der Waals surface area contributed by atoms with Gasteiger partial charge < -0.3 is 5.11 Å². The van der Waals surface area contributed by atoms with Gasteiger partial charge in [-0.05, 0) is 56.3 Å². The number of nitrogens with zero attached hydrogens (tertiary/aromatic N) is 1. The van der Waals surface area contributed by atoms with E-state index < -0.39 is 0 Å². The van der Waals surface area contributed by atoms with Crippen LogP contribution in [0.3, 0.4) is 0 Å². The number of benzene rings is 2. The quantitative estimate of drug-likeness (QED) is 0.709. The van der Waals surface area contributed by atoms with Gasteiger partial charge in [-0.25, -0.2) is 0 Å². The molecule has 1 aliphatic heterocycles. The summed E-state index contributed by atoms with van der Waals surface area (Å²) in [5, 5.41) is 10.0. The number of likely N-dealkylation sites (tertiary alicyclic amines) is 1. The van der Waals surface area contributed by atoms with Gasteiger partial charge in [-0.2, -0.15) is 0 Å². The van der Waals surface area contributed by atoms with Crippen molar-refractivity contribution in [2.75, 3.05) is 19.7 Å². The SMILES string of the molecule is OC[C@H](c1ccccc1)[C@H]1CCCCN1CCCCc1ccccc1. The number of hydrogen-bond donors (Lipinski definition) is 1. The van der Waals surface area contributed by atoms with Crippen molar-refractivity contribution in [1.29, 1.82) is 0 Å². The largest absolute Gasteiger partial charge is 0.396 e. The molecular formula is C23H31NO. The predicted molar refractivity (Wildman–Crippen MR) is 105 cm³/mol. The third-order valence-corrected chi connectivity index (χ3v) is 5.56. The summed E-state index contributed by atoms with van der Waals surface area (Å²) >= 11 is 0. The van der Waals surface area contributed by atoms with Crippen LogP contribution in [-0.4, -0.2) is 35.7 Å². The summed E-state index contributed by atoms with van der Waals surface area (Å²) in [5.41, 5.74) is 2.72. The highest BCUT2D eigenvalue weighted by atomic mass is 16.3. The van der Waals surface area contributed by atoms with E-state index in [9.17, 15) is 5.11 Å². The second-order valence-electron chi connectivity index (χ2n) is 7.24. The number of piperidine rings is 1. The van der Waals surface area contributed by atoms with Crippen LogP contribution in [0.1, 0.15) is 49.1 Å². The van der Waals surface area contributed by atoms with E-state index in [0.717, 1.165) is 6.54 Å². The van der Waals surface area contributed by atoms with Gasteiger partial charge in [0.1, 0.15) is 0 Å². The zero-order chi connectivity index (χ0) is 17.3. The molecule has 2 atom stereocenters. The highest BCUT2D eigenvalue weighted by Crippen LogP contribution is 2.30. The van der Waals surface area contributed by atoms with E-state index in [1.807, 2.05) is 0 Å². The Morgan fingerprint density at radius 3 is 2.36 bits per heavy atom. The standard InChI is InChI=1S/C23H31NO/c25-19-22(21-14-5-2-6-15-21)23-16-8-10-18-24(23)17-9-7-13-20-11-3-1-4-12-20/h1-6,11-12,14-15,22-23,25H,7-10,13,16-19H2/t22-,23-/m1/s1. The molecular weight excluding hydrogens is 306 g/mol. The Labute approximate surface area is 152 Å². The fourth-order valence-corrected chi connectivity index (χ4v) is 4.19. The van der Waals surface area contributed by atoms with Crippen molar-refractivity contribution in [2.24, 2.45) is 0 Å². The molecule has 1 aliphatic rings. The van der Waals surface area contributed by atoms with Crippen LogP contribution in [-0.2, 0) is 6.42 Å². The number of aliphatic hydroxyl groups excluding tert-OH is 1. The van der Waals surface area contributed by atoms with E-state index in [1.165, 1.54) is 56.2 Å². The fourth-order valence-electron chi connectivity index (χ4n) is 4.19. The van der Waals surface area contributed by atoms with Crippen LogP contribution in [0.4, 0.5) is 0 Å². The molecule has 1 saturated heterocycles. The zero-order valence-electron chi connectivity index (χ0n) is 15.2. The third kappa shape index (κ3) is 5.17. The molecule has 0 spiro atoms. The van der Waals surface area contributed by atoms with Crippen molar-refractivity contribution >= 4 is 0 Å². The lowest BCUT2D eigenvalue weighted by atomic mass is 9.85. The van der Waals surface area contributed by atoms with Crippen molar-refractivity contribution in [2.45, 2.75) is 50.5 Å². The molecule has 134 valence electrons. The summed E-state index contributed by atoms with van der Waals surface area (Å²) in [6.45, 7) is 2.58. The Morgan fingerprint density at radius 1 is 0.920 bits per heavy atom. The smallest absolute Gasteiger partial charge is 0.0514 e. The first kappa shape index (κ1) is 18.2. The summed E-state index contributed by atoms with van der Waals surface area (Å²) in [7, 11) is 0. The minimum atomic E-state index is 0.245. The van der Waals surface area contributed by atoms with Gasteiger partial charge in [0.05, 0.1) is 6.61 Å². The summed E-state index contributed by atoms with van der Waals surface area (Å²) < 4.78 is 0. The predicted octanol–water partition coefficient (Wildman–Crippen LogP) is 4.64. The number of rotatable bonds is 8. The molecule has 0 amide bonds. The lowest BCUT2D eigenvalue weighted by Crippen LogP contribution is -2.44. The third-order valence-electron chi connectivity index (χ3n) is 5.56. The molecule has 2 aromatic carbocycles. The van der Waals surface area contributed by atoms with Crippen molar-refractivity contribution in [3.63, 3.8) is 0 Å². The lowest BCUT2D eigenvalue weighted by molar-refractivity contribution is 0.0971. The minimum absolute atomic E-state index is 0.245. The highest BCUT2D eigenvalue weighted by molar-refractivity contribution is 5.22. The monoisotopic (exact) mass is 337 g/mol. The van der Waals surface area contributed by atoms with Crippen LogP contribution >= 0.6 is 0 Å². The minimum Gasteiger partial charge on any atom is -0.396 e. The van der Waals surface area contributed by atoms with Crippen LogP contribution in [0.15, 0.2) is 60.7 Å².